The second kappa shape index (κ2) is 30.4. The summed E-state index contributed by atoms with van der Waals surface area (Å²) in [6.45, 7) is 12.6. The van der Waals surface area contributed by atoms with Crippen LogP contribution in [0.2, 0.25) is 0 Å². The molecule has 0 bridgehead atoms. The molecule has 1 aromatic carbocycles. The van der Waals surface area contributed by atoms with Gasteiger partial charge in [0.1, 0.15) is 48.0 Å². The van der Waals surface area contributed by atoms with Gasteiger partial charge in [-0.05, 0) is 87.0 Å². The highest BCUT2D eigenvalue weighted by molar-refractivity contribution is 7.98. The van der Waals surface area contributed by atoms with Crippen molar-refractivity contribution in [1.82, 2.24) is 42.5 Å². The normalized spacial score (nSPS) is 15.5. The number of carbonyl (C=O) groups excluding carboxylic acids is 8. The number of carbonyl (C=O) groups is 10. The molecule has 0 fully saturated rings. The molecule has 0 aliphatic carbocycles. The molecule has 382 valence electrons. The van der Waals surface area contributed by atoms with Gasteiger partial charge in [-0.3, -0.25) is 43.2 Å². The third-order valence-electron chi connectivity index (χ3n) is 11.1. The van der Waals surface area contributed by atoms with Crippen LogP contribution in [0.25, 0.3) is 0 Å². The maximum absolute atomic E-state index is 13.7. The van der Waals surface area contributed by atoms with Gasteiger partial charge in [0, 0.05) is 6.42 Å². The van der Waals surface area contributed by atoms with Gasteiger partial charge in [0.05, 0.1) is 12.6 Å². The van der Waals surface area contributed by atoms with Crippen molar-refractivity contribution < 1.29 is 63.3 Å². The Morgan fingerprint density at radius 3 is 1.60 bits per heavy atom. The molecule has 13 N–H and O–H groups in total. The number of carboxylic acids is 2. The number of thioether (sulfide) groups is 1. The number of phenolic OH excluding ortho intramolecular Hbond substituents is 1. The van der Waals surface area contributed by atoms with Gasteiger partial charge in [-0.15, -0.1) is 0 Å². The number of nitrogens with one attached hydrogen (secondary N) is 8. The summed E-state index contributed by atoms with van der Waals surface area (Å²) < 4.78 is 0. The first kappa shape index (κ1) is 60.0. The van der Waals surface area contributed by atoms with Gasteiger partial charge in [0.15, 0.2) is 0 Å². The Morgan fingerprint density at radius 2 is 1.10 bits per heavy atom. The molecule has 0 unspecified atom stereocenters. The van der Waals surface area contributed by atoms with Crippen molar-refractivity contribution in [2.45, 2.75) is 149 Å². The van der Waals surface area contributed by atoms with Gasteiger partial charge in [0.2, 0.25) is 47.3 Å². The zero-order chi connectivity index (χ0) is 51.8. The molecule has 0 saturated heterocycles. The van der Waals surface area contributed by atoms with Gasteiger partial charge in [0.25, 0.3) is 0 Å². The second-order valence-corrected chi connectivity index (χ2v) is 18.3. The van der Waals surface area contributed by atoms with Crippen LogP contribution in [0.1, 0.15) is 99.5 Å². The predicted molar refractivity (Wildman–Crippen MR) is 254 cm³/mol. The van der Waals surface area contributed by atoms with E-state index in [1.165, 1.54) is 37.7 Å². The summed E-state index contributed by atoms with van der Waals surface area (Å²) in [6, 6.07) is -3.76. The number of aromatic hydroxyl groups is 1. The van der Waals surface area contributed by atoms with Crippen LogP contribution in [0.15, 0.2) is 24.3 Å². The van der Waals surface area contributed by atoms with Crippen molar-refractivity contribution in [3.8, 4) is 5.75 Å². The van der Waals surface area contributed by atoms with E-state index >= 15 is 0 Å². The molecule has 0 radical (unpaired) electrons. The van der Waals surface area contributed by atoms with E-state index in [1.54, 1.807) is 59.9 Å². The largest absolute Gasteiger partial charge is 0.508 e. The maximum Gasteiger partial charge on any atom is 0.326 e. The van der Waals surface area contributed by atoms with Crippen molar-refractivity contribution in [3.63, 3.8) is 0 Å². The van der Waals surface area contributed by atoms with Crippen molar-refractivity contribution in [1.29, 1.82) is 0 Å². The summed E-state index contributed by atoms with van der Waals surface area (Å²) in [5, 5.41) is 48.5. The average Bonchev–Trinajstić information content (AvgIpc) is 3.28. The summed E-state index contributed by atoms with van der Waals surface area (Å²) in [5.74, 6) is -9.27. The van der Waals surface area contributed by atoms with Crippen LogP contribution in [0.5, 0.6) is 5.75 Å². The number of hydrogen-bond donors (Lipinski definition) is 12. The lowest BCUT2D eigenvalue weighted by molar-refractivity contribution is -0.142. The molecule has 0 saturated carbocycles. The molecule has 0 aliphatic heterocycles. The lowest BCUT2D eigenvalue weighted by Gasteiger charge is -2.29. The Kier molecular flexibility index (Phi) is 26.9. The Morgan fingerprint density at radius 1 is 0.603 bits per heavy atom. The minimum atomic E-state index is -1.51. The fourth-order valence-electron chi connectivity index (χ4n) is 6.50. The molecule has 0 aromatic heterocycles. The van der Waals surface area contributed by atoms with Crippen LogP contribution in [-0.4, -0.2) is 141 Å². The Hall–Kier alpha value is -5.97. The van der Waals surface area contributed by atoms with Gasteiger partial charge < -0.3 is 63.6 Å². The summed E-state index contributed by atoms with van der Waals surface area (Å²) in [7, 11) is 0. The summed E-state index contributed by atoms with van der Waals surface area (Å²) in [6.07, 6.45) is 2.06. The van der Waals surface area contributed by atoms with E-state index < -0.39 is 139 Å². The lowest BCUT2D eigenvalue weighted by Crippen LogP contribution is -2.60. The third-order valence-corrected chi connectivity index (χ3v) is 11.8. The standard InChI is InChI=1S/C45H73N9O13S/c1-10-24(5)36(54-40(61)30(46)21-28-12-14-29(55)15-13-28)43(64)49-26(7)38(59)51-31(16-17-35(57)58)42(63)48-27(8)39(60)53-37(25(6)11-2)44(65)52-33(20-23(3)4)41(62)47-22-34(56)50-32(45(66)67)18-19-68-9/h12-15,23-27,30-33,36-37,55H,10-11,16-22,46H2,1-9H3,(H,47,62)(H,48,63)(H,49,64)(H,50,56)(H,51,59)(H,52,65)(H,53,60)(H,54,61)(H,57,58)(H,66,67)/t24-,25-,26-,27-,30-,31-,32-,33-,36-,37-/m0/s1. The summed E-state index contributed by atoms with van der Waals surface area (Å²) >= 11 is 1.41. The minimum absolute atomic E-state index is 0.0394. The van der Waals surface area contributed by atoms with Crippen molar-refractivity contribution in [2.75, 3.05) is 18.6 Å². The highest BCUT2D eigenvalue weighted by Gasteiger charge is 2.35. The summed E-state index contributed by atoms with van der Waals surface area (Å²) in [4.78, 5) is 130. The molecule has 1 rings (SSSR count). The number of nitrogens with two attached hydrogens (primary N) is 1. The van der Waals surface area contributed by atoms with Crippen molar-refractivity contribution in [2.24, 2.45) is 23.5 Å². The van der Waals surface area contributed by atoms with Gasteiger partial charge >= 0.3 is 11.9 Å². The minimum Gasteiger partial charge on any atom is -0.508 e. The zero-order valence-corrected chi connectivity index (χ0v) is 41.3. The van der Waals surface area contributed by atoms with Crippen LogP contribution in [0.3, 0.4) is 0 Å². The monoisotopic (exact) mass is 980 g/mol. The van der Waals surface area contributed by atoms with Gasteiger partial charge in [-0.25, -0.2) is 4.79 Å². The number of carboxylic acid groups (broad SMARTS) is 2. The molecular formula is C45H73N9O13S. The highest BCUT2D eigenvalue weighted by Crippen LogP contribution is 2.14. The molecule has 0 heterocycles. The SMILES string of the molecule is CC[C@H](C)[C@H](NC(=O)[C@H](C)NC(=O)[C@H](CCC(=O)O)NC(=O)[C@H](C)NC(=O)[C@@H](NC(=O)[C@@H](N)Cc1ccc(O)cc1)[C@@H](C)CC)C(=O)N[C@@H](CC(C)C)C(=O)NCC(=O)N[C@@H](CCSC)C(=O)O. The molecule has 10 atom stereocenters. The molecule has 68 heavy (non-hydrogen) atoms. The third kappa shape index (κ3) is 21.8. The molecular weight excluding hydrogens is 907 g/mol. The lowest BCUT2D eigenvalue weighted by atomic mass is 9.96. The number of rotatable bonds is 31. The van der Waals surface area contributed by atoms with E-state index in [9.17, 15) is 63.3 Å². The Balaban J connectivity index is 3.08. The second-order valence-electron chi connectivity index (χ2n) is 17.3. The topological polar surface area (TPSA) is 354 Å². The molecule has 0 spiro atoms. The van der Waals surface area contributed by atoms with Gasteiger partial charge in [-0.2, -0.15) is 11.8 Å². The van der Waals surface area contributed by atoms with E-state index in [0.717, 1.165) is 0 Å². The van der Waals surface area contributed by atoms with Crippen LogP contribution in [-0.2, 0) is 54.4 Å². The number of benzene rings is 1. The first-order valence-corrected chi connectivity index (χ1v) is 24.1. The zero-order valence-electron chi connectivity index (χ0n) is 40.4. The quantitative estimate of drug-likeness (QED) is 0.0453. The Bertz CT molecular complexity index is 1890. The fourth-order valence-corrected chi connectivity index (χ4v) is 6.97. The van der Waals surface area contributed by atoms with E-state index in [-0.39, 0.29) is 30.9 Å². The van der Waals surface area contributed by atoms with E-state index in [4.69, 9.17) is 5.73 Å². The number of amides is 8. The van der Waals surface area contributed by atoms with E-state index in [1.807, 2.05) is 0 Å². The van der Waals surface area contributed by atoms with Crippen molar-refractivity contribution in [3.05, 3.63) is 29.8 Å². The van der Waals surface area contributed by atoms with E-state index in [2.05, 4.69) is 42.5 Å². The molecule has 0 aliphatic rings. The van der Waals surface area contributed by atoms with Gasteiger partial charge in [-0.1, -0.05) is 66.5 Å². The Labute approximate surface area is 402 Å². The number of phenols is 1. The molecule has 22 nitrogen and oxygen atoms in total. The van der Waals surface area contributed by atoms with Crippen LogP contribution in [0, 0.1) is 17.8 Å². The van der Waals surface area contributed by atoms with Crippen LogP contribution in [0.4, 0.5) is 0 Å². The molecule has 8 amide bonds. The smallest absolute Gasteiger partial charge is 0.326 e. The first-order chi connectivity index (χ1) is 31.8. The van der Waals surface area contributed by atoms with E-state index in [0.29, 0.717) is 24.2 Å². The number of aliphatic carboxylic acids is 2. The fraction of sp³-hybridized carbons (Fsp3) is 0.644. The highest BCUT2D eigenvalue weighted by atomic mass is 32.2. The summed E-state index contributed by atoms with van der Waals surface area (Å²) in [5.41, 5.74) is 6.79. The van der Waals surface area contributed by atoms with Crippen molar-refractivity contribution >= 4 is 71.0 Å². The first-order valence-electron chi connectivity index (χ1n) is 22.7. The average molecular weight is 980 g/mol. The molecule has 1 aromatic rings. The van der Waals surface area contributed by atoms with Crippen LogP contribution >= 0.6 is 11.8 Å². The molecule has 23 heteroatoms. The predicted octanol–water partition coefficient (Wildman–Crippen LogP) is -0.348. The maximum atomic E-state index is 13.7. The number of hydrogen-bond acceptors (Lipinski definition) is 13. The van der Waals surface area contributed by atoms with Crippen LogP contribution < -0.4 is 48.3 Å².